The predicted molar refractivity (Wildman–Crippen MR) is 52.6 cm³/mol. The van der Waals surface area contributed by atoms with E-state index in [4.69, 9.17) is 4.74 Å². The SMILES string of the molecule is CCCCCCOC(=O)NI. The number of nitrogens with one attached hydrogen (secondary N) is 1. The molecule has 0 rings (SSSR count). The normalized spacial score (nSPS) is 9.27. The van der Waals surface area contributed by atoms with E-state index in [0.717, 1.165) is 12.8 Å². The van der Waals surface area contributed by atoms with Crippen LogP contribution in [-0.4, -0.2) is 12.7 Å². The summed E-state index contributed by atoms with van der Waals surface area (Å²) >= 11 is 1.76. The highest BCUT2D eigenvalue weighted by Crippen LogP contribution is 1.98. The average Bonchev–Trinajstić information content (AvgIpc) is 2.04. The van der Waals surface area contributed by atoms with Gasteiger partial charge in [0.15, 0.2) is 0 Å². The maximum Gasteiger partial charge on any atom is 0.415 e. The quantitative estimate of drug-likeness (QED) is 0.474. The maximum absolute atomic E-state index is 10.5. The molecule has 0 aromatic heterocycles. The summed E-state index contributed by atoms with van der Waals surface area (Å²) in [4.78, 5) is 10.5. The number of carbonyl (C=O) groups is 1. The summed E-state index contributed by atoms with van der Waals surface area (Å²) in [5, 5.41) is 0. The van der Waals surface area contributed by atoms with E-state index in [1.807, 2.05) is 0 Å². The molecule has 0 saturated heterocycles. The van der Waals surface area contributed by atoms with Gasteiger partial charge >= 0.3 is 6.09 Å². The Morgan fingerprint density at radius 2 is 2.18 bits per heavy atom. The van der Waals surface area contributed by atoms with Gasteiger partial charge in [-0.25, -0.2) is 4.79 Å². The monoisotopic (exact) mass is 271 g/mol. The van der Waals surface area contributed by atoms with Crippen molar-refractivity contribution in [1.29, 1.82) is 0 Å². The number of amides is 1. The summed E-state index contributed by atoms with van der Waals surface area (Å²) in [6.07, 6.45) is 4.19. The van der Waals surface area contributed by atoms with E-state index >= 15 is 0 Å². The van der Waals surface area contributed by atoms with Gasteiger partial charge in [0.25, 0.3) is 0 Å². The molecule has 4 heteroatoms. The van der Waals surface area contributed by atoms with Gasteiger partial charge in [0.2, 0.25) is 0 Å². The van der Waals surface area contributed by atoms with Gasteiger partial charge in [0, 0.05) is 0 Å². The van der Waals surface area contributed by atoms with Crippen molar-refractivity contribution in [3.63, 3.8) is 0 Å². The van der Waals surface area contributed by atoms with Crippen molar-refractivity contribution in [2.75, 3.05) is 6.61 Å². The van der Waals surface area contributed by atoms with Crippen molar-refractivity contribution in [3.05, 3.63) is 0 Å². The Balaban J connectivity index is 2.95. The van der Waals surface area contributed by atoms with E-state index in [2.05, 4.69) is 10.5 Å². The van der Waals surface area contributed by atoms with Crippen LogP contribution in [-0.2, 0) is 4.74 Å². The van der Waals surface area contributed by atoms with Crippen LogP contribution in [0, 0.1) is 0 Å². The molecule has 0 aliphatic rings. The first-order chi connectivity index (χ1) is 5.31. The number of rotatable bonds is 5. The first kappa shape index (κ1) is 11.0. The van der Waals surface area contributed by atoms with Crippen LogP contribution >= 0.6 is 22.9 Å². The van der Waals surface area contributed by atoms with Gasteiger partial charge in [-0.15, -0.1) is 0 Å². The summed E-state index contributed by atoms with van der Waals surface area (Å²) in [5.41, 5.74) is 0. The van der Waals surface area contributed by atoms with E-state index < -0.39 is 0 Å². The Hall–Kier alpha value is 0. The highest BCUT2D eigenvalue weighted by Gasteiger charge is 1.96. The van der Waals surface area contributed by atoms with Gasteiger partial charge in [-0.1, -0.05) is 26.2 Å². The smallest absolute Gasteiger partial charge is 0.415 e. The third-order valence-corrected chi connectivity index (χ3v) is 1.75. The molecule has 11 heavy (non-hydrogen) atoms. The molecule has 66 valence electrons. The zero-order valence-corrected chi connectivity index (χ0v) is 8.89. The minimum atomic E-state index is -0.345. The molecule has 0 aliphatic heterocycles. The Bertz CT molecular complexity index is 109. The molecular weight excluding hydrogens is 257 g/mol. The van der Waals surface area contributed by atoms with Gasteiger partial charge in [0.1, 0.15) is 0 Å². The zero-order chi connectivity index (χ0) is 8.53. The second-order valence-electron chi connectivity index (χ2n) is 2.29. The topological polar surface area (TPSA) is 38.3 Å². The van der Waals surface area contributed by atoms with Gasteiger partial charge in [-0.3, -0.25) is 3.53 Å². The minimum absolute atomic E-state index is 0.345. The Labute approximate surface area is 81.4 Å². The molecule has 0 atom stereocenters. The Kier molecular flexibility index (Phi) is 8.10. The van der Waals surface area contributed by atoms with Crippen molar-refractivity contribution in [1.82, 2.24) is 3.53 Å². The van der Waals surface area contributed by atoms with Crippen LogP contribution in [0.3, 0.4) is 0 Å². The van der Waals surface area contributed by atoms with Crippen molar-refractivity contribution in [2.45, 2.75) is 32.6 Å². The molecule has 3 nitrogen and oxygen atoms in total. The maximum atomic E-state index is 10.5. The molecule has 0 fully saturated rings. The molecule has 1 N–H and O–H groups in total. The second kappa shape index (κ2) is 8.10. The summed E-state index contributed by atoms with van der Waals surface area (Å²) in [6, 6.07) is 0. The van der Waals surface area contributed by atoms with Crippen molar-refractivity contribution >= 4 is 29.0 Å². The highest BCUT2D eigenvalue weighted by molar-refractivity contribution is 14.1. The number of hydrogen-bond donors (Lipinski definition) is 1. The molecule has 0 saturated carbocycles. The van der Waals surface area contributed by atoms with Crippen LogP contribution in [0.25, 0.3) is 0 Å². The van der Waals surface area contributed by atoms with Crippen molar-refractivity contribution in [3.8, 4) is 0 Å². The van der Waals surface area contributed by atoms with Crippen molar-refractivity contribution in [2.24, 2.45) is 0 Å². The lowest BCUT2D eigenvalue weighted by Gasteiger charge is -2.01. The number of hydrogen-bond acceptors (Lipinski definition) is 2. The number of carbonyl (C=O) groups excluding carboxylic acids is 1. The van der Waals surface area contributed by atoms with Gasteiger partial charge in [-0.05, 0) is 6.42 Å². The zero-order valence-electron chi connectivity index (χ0n) is 6.73. The summed E-state index contributed by atoms with van der Waals surface area (Å²) < 4.78 is 7.14. The summed E-state index contributed by atoms with van der Waals surface area (Å²) in [6.45, 7) is 2.69. The van der Waals surface area contributed by atoms with Gasteiger partial charge in [-0.2, -0.15) is 0 Å². The fourth-order valence-electron chi connectivity index (χ4n) is 0.721. The number of ether oxygens (including phenoxy) is 1. The molecule has 0 spiro atoms. The minimum Gasteiger partial charge on any atom is -0.449 e. The van der Waals surface area contributed by atoms with Crippen LogP contribution in [0.2, 0.25) is 0 Å². The van der Waals surface area contributed by atoms with Crippen molar-refractivity contribution < 1.29 is 9.53 Å². The number of unbranched alkanes of at least 4 members (excludes halogenated alkanes) is 3. The molecule has 0 heterocycles. The van der Waals surface area contributed by atoms with E-state index in [9.17, 15) is 4.79 Å². The second-order valence-corrected chi connectivity index (χ2v) is 2.83. The van der Waals surface area contributed by atoms with E-state index in [1.165, 1.54) is 12.8 Å². The van der Waals surface area contributed by atoms with Gasteiger partial charge < -0.3 is 4.74 Å². The molecule has 0 radical (unpaired) electrons. The molecule has 0 aromatic carbocycles. The first-order valence-electron chi connectivity index (χ1n) is 3.84. The molecule has 1 amide bonds. The Morgan fingerprint density at radius 1 is 1.45 bits per heavy atom. The lowest BCUT2D eigenvalue weighted by Crippen LogP contribution is -2.14. The average molecular weight is 271 g/mol. The third kappa shape index (κ3) is 7.90. The van der Waals surface area contributed by atoms with Crippen LogP contribution in [0.4, 0.5) is 4.79 Å². The lowest BCUT2D eigenvalue weighted by atomic mass is 10.2. The molecule has 0 aliphatic carbocycles. The largest absolute Gasteiger partial charge is 0.449 e. The van der Waals surface area contributed by atoms with Crippen LogP contribution in [0.1, 0.15) is 32.6 Å². The van der Waals surface area contributed by atoms with Crippen LogP contribution < -0.4 is 3.53 Å². The van der Waals surface area contributed by atoms with E-state index in [0.29, 0.717) is 6.61 Å². The Morgan fingerprint density at radius 3 is 2.73 bits per heavy atom. The van der Waals surface area contributed by atoms with Gasteiger partial charge in [0.05, 0.1) is 29.5 Å². The first-order valence-corrected chi connectivity index (χ1v) is 4.92. The molecule has 0 aromatic rings. The molecular formula is C7H14INO2. The third-order valence-electron chi connectivity index (χ3n) is 1.31. The molecule has 0 bridgehead atoms. The standard InChI is InChI=1S/C7H14INO2/c1-2-3-4-5-6-11-7(10)9-8/h2-6H2,1H3,(H,9,10). The van der Waals surface area contributed by atoms with E-state index in [1.54, 1.807) is 22.9 Å². The molecule has 0 unspecified atom stereocenters. The van der Waals surface area contributed by atoms with E-state index in [-0.39, 0.29) is 6.09 Å². The number of halogens is 1. The highest BCUT2D eigenvalue weighted by atomic mass is 127. The van der Waals surface area contributed by atoms with Crippen LogP contribution in [0.15, 0.2) is 0 Å². The predicted octanol–water partition coefficient (Wildman–Crippen LogP) is 2.64. The summed E-state index contributed by atoms with van der Waals surface area (Å²) in [7, 11) is 0. The lowest BCUT2D eigenvalue weighted by molar-refractivity contribution is 0.152. The van der Waals surface area contributed by atoms with Crippen LogP contribution in [0.5, 0.6) is 0 Å². The summed E-state index contributed by atoms with van der Waals surface area (Å²) in [5.74, 6) is 0. The fraction of sp³-hybridized carbons (Fsp3) is 0.857. The fourth-order valence-corrected chi connectivity index (χ4v) is 0.877.